The molecule has 1 unspecified atom stereocenters. The van der Waals surface area contributed by atoms with E-state index in [9.17, 15) is 19.8 Å². The van der Waals surface area contributed by atoms with E-state index in [0.29, 0.717) is 16.1 Å². The minimum atomic E-state index is -1.10. The number of nitrogen functional groups attached to an aromatic ring is 1. The summed E-state index contributed by atoms with van der Waals surface area (Å²) in [5.41, 5.74) is 6.29. The number of aliphatic hydroxyl groups excluding tert-OH is 1. The number of ether oxygens (including phenoxy) is 1. The number of hydrogen-bond donors (Lipinski definition) is 3. The predicted octanol–water partition coefficient (Wildman–Crippen LogP) is 1.68. The molecule has 122 valence electrons. The Bertz CT molecular complexity index is 605. The average Bonchev–Trinajstić information content (AvgIpc) is 2.69. The molecule has 1 aliphatic heterocycles. The molecule has 2 rings (SSSR count). The molecule has 22 heavy (non-hydrogen) atoms. The molecule has 0 spiro atoms. The van der Waals surface area contributed by atoms with Crippen LogP contribution < -0.4 is 5.73 Å². The van der Waals surface area contributed by atoms with Crippen LogP contribution in [-0.4, -0.2) is 45.4 Å². The van der Waals surface area contributed by atoms with E-state index in [1.807, 2.05) is 0 Å². The molecular weight excluding hydrogens is 308 g/mol. The minimum absolute atomic E-state index is 0.119. The van der Waals surface area contributed by atoms with Crippen molar-refractivity contribution < 1.29 is 24.5 Å². The Morgan fingerprint density at radius 1 is 1.45 bits per heavy atom. The van der Waals surface area contributed by atoms with Crippen LogP contribution in [0.1, 0.15) is 41.6 Å². The van der Waals surface area contributed by atoms with Crippen molar-refractivity contribution >= 4 is 28.4 Å². The first-order chi connectivity index (χ1) is 10.1. The monoisotopic (exact) mass is 328 g/mol. The van der Waals surface area contributed by atoms with Crippen LogP contribution in [0.15, 0.2) is 0 Å². The van der Waals surface area contributed by atoms with Crippen molar-refractivity contribution in [2.75, 3.05) is 12.3 Å². The Hall–Kier alpha value is -1.80. The maximum atomic E-state index is 12.3. The molecule has 1 aromatic rings. The van der Waals surface area contributed by atoms with Crippen LogP contribution in [-0.2, 0) is 17.7 Å². The molecule has 1 amide bonds. The smallest absolute Gasteiger partial charge is 0.407 e. The second kappa shape index (κ2) is 5.77. The highest BCUT2D eigenvalue weighted by molar-refractivity contribution is 7.16. The van der Waals surface area contributed by atoms with E-state index in [2.05, 4.69) is 0 Å². The van der Waals surface area contributed by atoms with Gasteiger partial charge in [0.05, 0.1) is 24.8 Å². The zero-order valence-electron chi connectivity index (χ0n) is 12.8. The third kappa shape index (κ3) is 3.17. The molecule has 8 heteroatoms. The van der Waals surface area contributed by atoms with E-state index in [4.69, 9.17) is 10.5 Å². The molecule has 4 N–H and O–H groups in total. The van der Waals surface area contributed by atoms with Gasteiger partial charge in [0, 0.05) is 4.88 Å². The number of thiophene rings is 1. The van der Waals surface area contributed by atoms with E-state index in [1.54, 1.807) is 20.8 Å². The van der Waals surface area contributed by atoms with Gasteiger partial charge >= 0.3 is 12.1 Å². The summed E-state index contributed by atoms with van der Waals surface area (Å²) in [5, 5.41) is 18.9. The molecule has 0 aromatic carbocycles. The molecule has 7 nitrogen and oxygen atoms in total. The summed E-state index contributed by atoms with van der Waals surface area (Å²) in [6, 6.07) is -0.583. The Morgan fingerprint density at radius 3 is 2.59 bits per heavy atom. The fraction of sp³-hybridized carbons (Fsp3) is 0.571. The van der Waals surface area contributed by atoms with E-state index in [1.165, 1.54) is 11.3 Å². The first kappa shape index (κ1) is 16.6. The summed E-state index contributed by atoms with van der Waals surface area (Å²) in [6.07, 6.45) is -0.851. The highest BCUT2D eigenvalue weighted by Gasteiger charge is 2.35. The Morgan fingerprint density at radius 2 is 2.09 bits per heavy atom. The standard InChI is InChI=1S/C14H20N2O5S/c1-14(2,3)21-12(18)10-8-4-7(6-17)16(13(19)20)5-9(8)22-11(10)15/h7,17H,4-6,15H2,1-3H3,(H,19,20). The van der Waals surface area contributed by atoms with Crippen LogP contribution in [0.25, 0.3) is 0 Å². The summed E-state index contributed by atoms with van der Waals surface area (Å²) in [4.78, 5) is 25.5. The van der Waals surface area contributed by atoms with Gasteiger partial charge in [0.15, 0.2) is 0 Å². The SMILES string of the molecule is CC(C)(C)OC(=O)c1c(N)sc2c1CC(CO)N(C(=O)O)C2. The van der Waals surface area contributed by atoms with Crippen molar-refractivity contribution in [3.8, 4) is 0 Å². The van der Waals surface area contributed by atoms with E-state index >= 15 is 0 Å². The molecule has 0 saturated heterocycles. The van der Waals surface area contributed by atoms with Gasteiger partial charge in [-0.3, -0.25) is 4.90 Å². The largest absolute Gasteiger partial charge is 0.465 e. The van der Waals surface area contributed by atoms with Gasteiger partial charge in [0.1, 0.15) is 10.6 Å². The summed E-state index contributed by atoms with van der Waals surface area (Å²) in [6.45, 7) is 5.11. The number of esters is 1. The third-order valence-corrected chi connectivity index (χ3v) is 4.42. The fourth-order valence-corrected chi connectivity index (χ4v) is 3.53. The van der Waals surface area contributed by atoms with Crippen LogP contribution in [0.5, 0.6) is 0 Å². The third-order valence-electron chi connectivity index (χ3n) is 3.37. The Kier molecular flexibility index (Phi) is 4.35. The molecule has 0 fully saturated rings. The molecule has 0 aliphatic carbocycles. The quantitative estimate of drug-likeness (QED) is 0.712. The number of fused-ring (bicyclic) bond motifs is 1. The van der Waals surface area contributed by atoms with Crippen LogP contribution in [0.2, 0.25) is 0 Å². The zero-order chi connectivity index (χ0) is 16.7. The molecule has 1 aromatic heterocycles. The van der Waals surface area contributed by atoms with Gasteiger partial charge in [-0.25, -0.2) is 9.59 Å². The van der Waals surface area contributed by atoms with Gasteiger partial charge in [-0.05, 0) is 32.8 Å². The maximum absolute atomic E-state index is 12.3. The van der Waals surface area contributed by atoms with Gasteiger partial charge in [0.25, 0.3) is 0 Å². The van der Waals surface area contributed by atoms with Crippen molar-refractivity contribution in [1.29, 1.82) is 0 Å². The topological polar surface area (TPSA) is 113 Å². The Labute approximate surface area is 132 Å². The van der Waals surface area contributed by atoms with E-state index < -0.39 is 23.7 Å². The van der Waals surface area contributed by atoms with Crippen LogP contribution in [0, 0.1) is 0 Å². The number of carbonyl (C=O) groups is 2. The molecule has 0 bridgehead atoms. The molecule has 0 saturated carbocycles. The maximum Gasteiger partial charge on any atom is 0.407 e. The second-order valence-electron chi connectivity index (χ2n) is 6.20. The lowest BCUT2D eigenvalue weighted by Gasteiger charge is -2.32. The number of rotatable bonds is 2. The number of hydrogen-bond acceptors (Lipinski definition) is 6. The van der Waals surface area contributed by atoms with E-state index in [0.717, 1.165) is 9.78 Å². The number of carboxylic acid groups (broad SMARTS) is 1. The van der Waals surface area contributed by atoms with Crippen molar-refractivity contribution in [1.82, 2.24) is 4.90 Å². The lowest BCUT2D eigenvalue weighted by atomic mass is 9.97. The van der Waals surface area contributed by atoms with Crippen molar-refractivity contribution in [3.05, 3.63) is 16.0 Å². The number of amides is 1. The normalized spacial score (nSPS) is 18.0. The molecule has 2 heterocycles. The van der Waals surface area contributed by atoms with Gasteiger partial charge in [0.2, 0.25) is 0 Å². The van der Waals surface area contributed by atoms with E-state index in [-0.39, 0.29) is 19.6 Å². The lowest BCUT2D eigenvalue weighted by Crippen LogP contribution is -2.45. The van der Waals surface area contributed by atoms with Crippen LogP contribution in [0.4, 0.5) is 9.80 Å². The lowest BCUT2D eigenvalue weighted by molar-refractivity contribution is 0.00689. The summed E-state index contributed by atoms with van der Waals surface area (Å²) in [5.74, 6) is -0.511. The fourth-order valence-electron chi connectivity index (χ4n) is 2.45. The summed E-state index contributed by atoms with van der Waals surface area (Å²) >= 11 is 1.20. The summed E-state index contributed by atoms with van der Waals surface area (Å²) < 4.78 is 5.37. The zero-order valence-corrected chi connectivity index (χ0v) is 13.6. The predicted molar refractivity (Wildman–Crippen MR) is 82.0 cm³/mol. The van der Waals surface area contributed by atoms with Crippen LogP contribution >= 0.6 is 11.3 Å². The van der Waals surface area contributed by atoms with Gasteiger partial charge in [-0.1, -0.05) is 0 Å². The highest BCUT2D eigenvalue weighted by Crippen LogP contribution is 2.37. The number of nitrogens with zero attached hydrogens (tertiary/aromatic N) is 1. The van der Waals surface area contributed by atoms with Gasteiger partial charge in [-0.15, -0.1) is 11.3 Å². The van der Waals surface area contributed by atoms with Crippen LogP contribution in [0.3, 0.4) is 0 Å². The number of nitrogens with two attached hydrogens (primary N) is 1. The minimum Gasteiger partial charge on any atom is -0.465 e. The van der Waals surface area contributed by atoms with Crippen molar-refractivity contribution in [3.63, 3.8) is 0 Å². The first-order valence-electron chi connectivity index (χ1n) is 6.87. The Balaban J connectivity index is 2.38. The van der Waals surface area contributed by atoms with Gasteiger partial charge in [-0.2, -0.15) is 0 Å². The van der Waals surface area contributed by atoms with Crippen molar-refractivity contribution in [2.45, 2.75) is 45.4 Å². The number of anilines is 1. The number of aliphatic hydroxyl groups is 1. The molecule has 1 atom stereocenters. The average molecular weight is 328 g/mol. The van der Waals surface area contributed by atoms with Gasteiger partial charge < -0.3 is 20.7 Å². The molecular formula is C14H20N2O5S. The highest BCUT2D eigenvalue weighted by atomic mass is 32.1. The molecule has 1 aliphatic rings. The second-order valence-corrected chi connectivity index (χ2v) is 7.33. The summed E-state index contributed by atoms with van der Waals surface area (Å²) in [7, 11) is 0. The number of carbonyl (C=O) groups excluding carboxylic acids is 1. The van der Waals surface area contributed by atoms with Crippen molar-refractivity contribution in [2.24, 2.45) is 0 Å². The molecule has 0 radical (unpaired) electrons. The first-order valence-corrected chi connectivity index (χ1v) is 7.69.